The van der Waals surface area contributed by atoms with Crippen LogP contribution in [0.5, 0.6) is 0 Å². The van der Waals surface area contributed by atoms with E-state index in [1.165, 1.54) is 6.07 Å². The van der Waals surface area contributed by atoms with Crippen molar-refractivity contribution < 1.29 is 18.4 Å². The van der Waals surface area contributed by atoms with Crippen LogP contribution < -0.4 is 10.6 Å². The quantitative estimate of drug-likeness (QED) is 0.800. The molecule has 0 unspecified atom stereocenters. The third kappa shape index (κ3) is 5.84. The first kappa shape index (κ1) is 20.9. The minimum absolute atomic E-state index is 0.0836. The summed E-state index contributed by atoms with van der Waals surface area (Å²) in [7, 11) is 0. The van der Waals surface area contributed by atoms with Crippen LogP contribution in [0.4, 0.5) is 20.2 Å². The predicted octanol–water partition coefficient (Wildman–Crippen LogP) is 3.87. The summed E-state index contributed by atoms with van der Waals surface area (Å²) in [5.74, 6) is -2.46. The van der Waals surface area contributed by atoms with Crippen molar-refractivity contribution in [3.05, 3.63) is 59.2 Å². The van der Waals surface area contributed by atoms with Gasteiger partial charge in [-0.2, -0.15) is 0 Å². The Balaban J connectivity index is 1.46. The lowest BCUT2D eigenvalue weighted by Crippen LogP contribution is -2.41. The molecule has 0 saturated carbocycles. The van der Waals surface area contributed by atoms with Crippen LogP contribution in [0.1, 0.15) is 24.0 Å². The van der Waals surface area contributed by atoms with Gasteiger partial charge in [0.15, 0.2) is 11.6 Å². The third-order valence-electron chi connectivity index (χ3n) is 5.02. The average molecular weight is 401 g/mol. The fourth-order valence-electron chi connectivity index (χ4n) is 3.62. The van der Waals surface area contributed by atoms with Crippen LogP contribution >= 0.6 is 0 Å². The number of amides is 2. The highest BCUT2D eigenvalue weighted by Gasteiger charge is 2.26. The van der Waals surface area contributed by atoms with Crippen LogP contribution in [0.3, 0.4) is 0 Å². The number of benzene rings is 2. The lowest BCUT2D eigenvalue weighted by Gasteiger charge is -2.30. The van der Waals surface area contributed by atoms with Crippen molar-refractivity contribution in [2.45, 2.75) is 26.7 Å². The Bertz CT molecular complexity index is 889. The van der Waals surface area contributed by atoms with Gasteiger partial charge in [0.1, 0.15) is 0 Å². The van der Waals surface area contributed by atoms with E-state index < -0.39 is 11.6 Å². The van der Waals surface area contributed by atoms with Crippen LogP contribution in [0, 0.1) is 31.4 Å². The number of carbonyl (C=O) groups is 2. The molecule has 1 saturated heterocycles. The van der Waals surface area contributed by atoms with Crippen molar-refractivity contribution in [3.63, 3.8) is 0 Å². The maximum absolute atomic E-state index is 13.3. The van der Waals surface area contributed by atoms with Gasteiger partial charge >= 0.3 is 0 Å². The second kappa shape index (κ2) is 9.13. The molecule has 5 nitrogen and oxygen atoms in total. The number of hydrogen-bond donors (Lipinski definition) is 2. The SMILES string of the molecule is Cc1cc(C)cc(NC(=O)CN2CCC(C(=O)Nc3ccc(F)c(F)c3)CC2)c1. The molecule has 1 aliphatic rings. The number of hydrogen-bond acceptors (Lipinski definition) is 3. The molecule has 0 bridgehead atoms. The normalized spacial score (nSPS) is 15.2. The molecule has 0 aromatic heterocycles. The molecule has 0 spiro atoms. The van der Waals surface area contributed by atoms with Gasteiger partial charge in [0, 0.05) is 23.4 Å². The van der Waals surface area contributed by atoms with Crippen LogP contribution in [0.2, 0.25) is 0 Å². The summed E-state index contributed by atoms with van der Waals surface area (Å²) < 4.78 is 26.3. The van der Waals surface area contributed by atoms with E-state index in [1.54, 1.807) is 0 Å². The largest absolute Gasteiger partial charge is 0.326 e. The van der Waals surface area contributed by atoms with Crippen molar-refractivity contribution in [1.29, 1.82) is 0 Å². The number of aryl methyl sites for hydroxylation is 2. The lowest BCUT2D eigenvalue weighted by atomic mass is 9.95. The smallest absolute Gasteiger partial charge is 0.238 e. The first-order chi connectivity index (χ1) is 13.8. The lowest BCUT2D eigenvalue weighted by molar-refractivity contribution is -0.121. The fraction of sp³-hybridized carbons (Fsp3) is 0.364. The molecule has 154 valence electrons. The number of anilines is 2. The Morgan fingerprint density at radius 1 is 0.931 bits per heavy atom. The van der Waals surface area contributed by atoms with Crippen LogP contribution in [-0.2, 0) is 9.59 Å². The average Bonchev–Trinajstić information content (AvgIpc) is 2.64. The Hall–Kier alpha value is -2.80. The van der Waals surface area contributed by atoms with Crippen molar-refractivity contribution in [2.24, 2.45) is 5.92 Å². The number of likely N-dealkylation sites (tertiary alicyclic amines) is 1. The molecular weight excluding hydrogens is 376 g/mol. The number of halogens is 2. The molecule has 2 N–H and O–H groups in total. The Labute approximate surface area is 169 Å². The van der Waals surface area contributed by atoms with Gasteiger partial charge in [-0.1, -0.05) is 6.07 Å². The second-order valence-corrected chi connectivity index (χ2v) is 7.59. The maximum atomic E-state index is 13.3. The van der Waals surface area contributed by atoms with Crippen molar-refractivity contribution in [1.82, 2.24) is 4.90 Å². The number of piperidine rings is 1. The second-order valence-electron chi connectivity index (χ2n) is 7.59. The summed E-state index contributed by atoms with van der Waals surface area (Å²) in [6, 6.07) is 9.20. The summed E-state index contributed by atoms with van der Waals surface area (Å²) in [4.78, 5) is 26.7. The molecule has 0 aliphatic carbocycles. The molecular formula is C22H25F2N3O2. The van der Waals surface area contributed by atoms with E-state index in [2.05, 4.69) is 10.6 Å². The minimum atomic E-state index is -0.993. The zero-order valence-electron chi connectivity index (χ0n) is 16.6. The molecule has 2 aromatic rings. The monoisotopic (exact) mass is 401 g/mol. The van der Waals surface area contributed by atoms with E-state index in [-0.39, 0.29) is 30.0 Å². The highest BCUT2D eigenvalue weighted by Crippen LogP contribution is 2.21. The molecule has 0 radical (unpaired) electrons. The first-order valence-corrected chi connectivity index (χ1v) is 9.66. The van der Waals surface area contributed by atoms with Crippen molar-refractivity contribution in [3.8, 4) is 0 Å². The highest BCUT2D eigenvalue weighted by atomic mass is 19.2. The molecule has 0 atom stereocenters. The van der Waals surface area contributed by atoms with E-state index in [0.29, 0.717) is 25.9 Å². The van der Waals surface area contributed by atoms with E-state index >= 15 is 0 Å². The number of nitrogens with zero attached hydrogens (tertiary/aromatic N) is 1. The van der Waals surface area contributed by atoms with Gasteiger partial charge in [-0.05, 0) is 75.2 Å². The van der Waals surface area contributed by atoms with Crippen LogP contribution in [0.25, 0.3) is 0 Å². The van der Waals surface area contributed by atoms with E-state index in [4.69, 9.17) is 0 Å². The number of nitrogens with one attached hydrogen (secondary N) is 2. The molecule has 3 rings (SSSR count). The summed E-state index contributed by atoms with van der Waals surface area (Å²) in [5.41, 5.74) is 3.21. The van der Waals surface area contributed by atoms with E-state index in [0.717, 1.165) is 28.9 Å². The van der Waals surface area contributed by atoms with Gasteiger partial charge in [-0.25, -0.2) is 8.78 Å². The Kier molecular flexibility index (Phi) is 6.59. The predicted molar refractivity (Wildman–Crippen MR) is 109 cm³/mol. The van der Waals surface area contributed by atoms with Crippen LogP contribution in [-0.4, -0.2) is 36.3 Å². The summed E-state index contributed by atoms with van der Waals surface area (Å²) in [6.45, 7) is 5.48. The van der Waals surface area contributed by atoms with Crippen LogP contribution in [0.15, 0.2) is 36.4 Å². The summed E-state index contributed by atoms with van der Waals surface area (Å²) in [5, 5.41) is 5.56. The molecule has 7 heteroatoms. The summed E-state index contributed by atoms with van der Waals surface area (Å²) >= 11 is 0. The molecule has 1 heterocycles. The molecule has 2 aromatic carbocycles. The van der Waals surface area contributed by atoms with Gasteiger partial charge < -0.3 is 10.6 Å². The standard InChI is InChI=1S/C22H25F2N3O2/c1-14-9-15(2)11-18(10-14)25-21(28)13-27-7-5-16(6-8-27)22(29)26-17-3-4-19(23)20(24)12-17/h3-4,9-12,16H,5-8,13H2,1-2H3,(H,25,28)(H,26,29). The molecule has 29 heavy (non-hydrogen) atoms. The van der Waals surface area contributed by atoms with Gasteiger partial charge in [0.25, 0.3) is 0 Å². The Morgan fingerprint density at radius 2 is 1.59 bits per heavy atom. The number of carbonyl (C=O) groups excluding carboxylic acids is 2. The third-order valence-corrected chi connectivity index (χ3v) is 5.02. The number of rotatable bonds is 5. The van der Waals surface area contributed by atoms with Gasteiger partial charge in [0.05, 0.1) is 6.54 Å². The highest BCUT2D eigenvalue weighted by molar-refractivity contribution is 5.93. The Morgan fingerprint density at radius 3 is 2.21 bits per heavy atom. The summed E-state index contributed by atoms with van der Waals surface area (Å²) in [6.07, 6.45) is 1.21. The zero-order valence-corrected chi connectivity index (χ0v) is 16.6. The topological polar surface area (TPSA) is 61.4 Å². The van der Waals surface area contributed by atoms with E-state index in [1.807, 2.05) is 36.9 Å². The van der Waals surface area contributed by atoms with Gasteiger partial charge in [-0.3, -0.25) is 14.5 Å². The fourth-order valence-corrected chi connectivity index (χ4v) is 3.62. The van der Waals surface area contributed by atoms with E-state index in [9.17, 15) is 18.4 Å². The van der Waals surface area contributed by atoms with Gasteiger partial charge in [-0.15, -0.1) is 0 Å². The van der Waals surface area contributed by atoms with Crippen molar-refractivity contribution >= 4 is 23.2 Å². The zero-order chi connectivity index (χ0) is 21.0. The van der Waals surface area contributed by atoms with Crippen molar-refractivity contribution in [2.75, 3.05) is 30.3 Å². The molecule has 1 aliphatic heterocycles. The first-order valence-electron chi connectivity index (χ1n) is 9.66. The molecule has 2 amide bonds. The molecule has 1 fully saturated rings. The minimum Gasteiger partial charge on any atom is -0.326 e. The van der Waals surface area contributed by atoms with Gasteiger partial charge in [0.2, 0.25) is 11.8 Å². The maximum Gasteiger partial charge on any atom is 0.238 e.